The van der Waals surface area contributed by atoms with Crippen LogP contribution in [0.15, 0.2) is 29.4 Å². The average molecular weight is 300 g/mol. The highest BCUT2D eigenvalue weighted by Gasteiger charge is 2.30. The standard InChI is InChI=1S/C15H19F3N2O/c1-20(2)19-11-5-3-4-6-14(21)12-7-9-13(10-8-12)15(16,17)18/h7-11H,3-6H2,1-2H3/b19-11+. The molecule has 1 rings (SSSR count). The van der Waals surface area contributed by atoms with Gasteiger partial charge < -0.3 is 5.01 Å². The summed E-state index contributed by atoms with van der Waals surface area (Å²) in [7, 11) is 3.65. The molecule has 0 aromatic heterocycles. The Labute approximate surface area is 122 Å². The minimum atomic E-state index is -4.37. The van der Waals surface area contributed by atoms with Gasteiger partial charge in [-0.3, -0.25) is 4.79 Å². The molecule has 0 aliphatic rings. The van der Waals surface area contributed by atoms with Crippen molar-refractivity contribution in [3.05, 3.63) is 35.4 Å². The lowest BCUT2D eigenvalue weighted by atomic mass is 10.0. The van der Waals surface area contributed by atoms with Crippen LogP contribution in [0.4, 0.5) is 13.2 Å². The summed E-state index contributed by atoms with van der Waals surface area (Å²) in [6, 6.07) is 4.35. The quantitative estimate of drug-likeness (QED) is 0.330. The van der Waals surface area contributed by atoms with Gasteiger partial charge in [-0.25, -0.2) is 0 Å². The van der Waals surface area contributed by atoms with Gasteiger partial charge in [-0.1, -0.05) is 12.1 Å². The summed E-state index contributed by atoms with van der Waals surface area (Å²) in [6.45, 7) is 0. The fourth-order valence-corrected chi connectivity index (χ4v) is 1.73. The Morgan fingerprint density at radius 1 is 1.19 bits per heavy atom. The van der Waals surface area contributed by atoms with Gasteiger partial charge in [-0.05, 0) is 31.4 Å². The summed E-state index contributed by atoms with van der Waals surface area (Å²) < 4.78 is 37.2. The molecule has 21 heavy (non-hydrogen) atoms. The lowest BCUT2D eigenvalue weighted by Gasteiger charge is -2.07. The maximum absolute atomic E-state index is 12.4. The Morgan fingerprint density at radius 2 is 1.81 bits per heavy atom. The molecule has 0 aliphatic heterocycles. The van der Waals surface area contributed by atoms with Gasteiger partial charge in [-0.2, -0.15) is 18.3 Å². The van der Waals surface area contributed by atoms with Crippen LogP contribution in [0.3, 0.4) is 0 Å². The monoisotopic (exact) mass is 300 g/mol. The molecule has 1 aromatic carbocycles. The number of Topliss-reactive ketones (excluding diaryl/α,β-unsaturated/α-hetero) is 1. The summed E-state index contributed by atoms with van der Waals surface area (Å²) in [4.78, 5) is 11.8. The molecule has 0 saturated heterocycles. The number of unbranched alkanes of at least 4 members (excludes halogenated alkanes) is 2. The molecule has 0 unspecified atom stereocenters. The van der Waals surface area contributed by atoms with Crippen molar-refractivity contribution >= 4 is 12.0 Å². The van der Waals surface area contributed by atoms with E-state index in [1.54, 1.807) is 11.2 Å². The smallest absolute Gasteiger partial charge is 0.303 e. The summed E-state index contributed by atoms with van der Waals surface area (Å²) >= 11 is 0. The lowest BCUT2D eigenvalue weighted by Crippen LogP contribution is -2.06. The normalized spacial score (nSPS) is 11.9. The molecule has 0 spiro atoms. The third-order valence-electron chi connectivity index (χ3n) is 2.83. The van der Waals surface area contributed by atoms with Crippen LogP contribution in [-0.4, -0.2) is 31.1 Å². The van der Waals surface area contributed by atoms with E-state index in [9.17, 15) is 18.0 Å². The summed E-state index contributed by atoms with van der Waals surface area (Å²) in [6.07, 6.45) is 0.0403. The number of hydrazone groups is 1. The molecule has 0 aliphatic carbocycles. The Kier molecular flexibility index (Phi) is 6.39. The molecule has 0 radical (unpaired) electrons. The second kappa shape index (κ2) is 7.81. The number of nitrogens with zero attached hydrogens (tertiary/aromatic N) is 2. The van der Waals surface area contributed by atoms with Crippen LogP contribution >= 0.6 is 0 Å². The largest absolute Gasteiger partial charge is 0.416 e. The van der Waals surface area contributed by atoms with Gasteiger partial charge in [0.1, 0.15) is 0 Å². The van der Waals surface area contributed by atoms with Crippen LogP contribution in [0.2, 0.25) is 0 Å². The van der Waals surface area contributed by atoms with E-state index in [0.717, 1.165) is 25.0 Å². The molecular weight excluding hydrogens is 281 g/mol. The zero-order chi connectivity index (χ0) is 15.9. The number of rotatable bonds is 7. The summed E-state index contributed by atoms with van der Waals surface area (Å²) in [5.74, 6) is -0.131. The van der Waals surface area contributed by atoms with Gasteiger partial charge in [0.15, 0.2) is 5.78 Å². The predicted octanol–water partition coefficient (Wildman–Crippen LogP) is 4.00. The van der Waals surface area contributed by atoms with Crippen molar-refractivity contribution in [2.24, 2.45) is 5.10 Å². The first-order valence-corrected chi connectivity index (χ1v) is 6.71. The van der Waals surface area contributed by atoms with E-state index in [1.165, 1.54) is 12.1 Å². The summed E-state index contributed by atoms with van der Waals surface area (Å²) in [5, 5.41) is 5.74. The molecule has 0 bridgehead atoms. The maximum atomic E-state index is 12.4. The van der Waals surface area contributed by atoms with Gasteiger partial charge >= 0.3 is 6.18 Å². The molecule has 0 amide bonds. The molecule has 0 atom stereocenters. The molecule has 116 valence electrons. The van der Waals surface area contributed by atoms with E-state index in [0.29, 0.717) is 18.4 Å². The zero-order valence-corrected chi connectivity index (χ0v) is 12.2. The van der Waals surface area contributed by atoms with Crippen molar-refractivity contribution in [1.29, 1.82) is 0 Å². The molecule has 0 fully saturated rings. The number of carbonyl (C=O) groups is 1. The third-order valence-corrected chi connectivity index (χ3v) is 2.83. The first-order valence-electron chi connectivity index (χ1n) is 6.71. The number of ketones is 1. The van der Waals surface area contributed by atoms with Gasteiger partial charge in [0, 0.05) is 32.3 Å². The Bertz CT molecular complexity index is 479. The Balaban J connectivity index is 2.39. The molecule has 0 heterocycles. The van der Waals surface area contributed by atoms with Gasteiger partial charge in [-0.15, -0.1) is 0 Å². The van der Waals surface area contributed by atoms with E-state index in [-0.39, 0.29) is 5.78 Å². The van der Waals surface area contributed by atoms with E-state index in [4.69, 9.17) is 0 Å². The van der Waals surface area contributed by atoms with E-state index < -0.39 is 11.7 Å². The fraction of sp³-hybridized carbons (Fsp3) is 0.467. The highest BCUT2D eigenvalue weighted by Crippen LogP contribution is 2.29. The van der Waals surface area contributed by atoms with Crippen molar-refractivity contribution in [3.63, 3.8) is 0 Å². The van der Waals surface area contributed by atoms with Crippen LogP contribution in [0.1, 0.15) is 41.6 Å². The highest BCUT2D eigenvalue weighted by molar-refractivity contribution is 5.96. The third kappa shape index (κ3) is 6.42. The minimum absolute atomic E-state index is 0.131. The number of benzene rings is 1. The SMILES string of the molecule is CN(C)/N=C/CCCCC(=O)c1ccc(C(F)(F)F)cc1. The first kappa shape index (κ1) is 17.2. The van der Waals surface area contributed by atoms with Crippen LogP contribution in [0.5, 0.6) is 0 Å². The number of alkyl halides is 3. The van der Waals surface area contributed by atoms with Crippen molar-refractivity contribution in [2.75, 3.05) is 14.1 Å². The molecule has 1 aromatic rings. The minimum Gasteiger partial charge on any atom is -0.303 e. The number of halogens is 3. The van der Waals surface area contributed by atoms with Gasteiger partial charge in [0.2, 0.25) is 0 Å². The fourth-order valence-electron chi connectivity index (χ4n) is 1.73. The number of hydrogen-bond donors (Lipinski definition) is 0. The van der Waals surface area contributed by atoms with Gasteiger partial charge in [0.05, 0.1) is 5.56 Å². The van der Waals surface area contributed by atoms with E-state index in [1.807, 2.05) is 14.1 Å². The second-order valence-electron chi connectivity index (χ2n) is 4.89. The van der Waals surface area contributed by atoms with Crippen molar-refractivity contribution < 1.29 is 18.0 Å². The van der Waals surface area contributed by atoms with Gasteiger partial charge in [0.25, 0.3) is 0 Å². The van der Waals surface area contributed by atoms with Crippen molar-refractivity contribution in [3.8, 4) is 0 Å². The predicted molar refractivity (Wildman–Crippen MR) is 76.4 cm³/mol. The molecule has 3 nitrogen and oxygen atoms in total. The van der Waals surface area contributed by atoms with E-state index >= 15 is 0 Å². The maximum Gasteiger partial charge on any atom is 0.416 e. The molecule has 0 saturated carbocycles. The zero-order valence-electron chi connectivity index (χ0n) is 12.2. The van der Waals surface area contributed by atoms with Crippen LogP contribution < -0.4 is 0 Å². The number of carbonyl (C=O) groups excluding carboxylic acids is 1. The first-order chi connectivity index (χ1) is 9.80. The van der Waals surface area contributed by atoms with Crippen LogP contribution in [-0.2, 0) is 6.18 Å². The molecular formula is C15H19F3N2O. The van der Waals surface area contributed by atoms with Crippen LogP contribution in [0, 0.1) is 0 Å². The average Bonchev–Trinajstić information content (AvgIpc) is 2.41. The number of hydrogen-bond acceptors (Lipinski definition) is 3. The topological polar surface area (TPSA) is 32.7 Å². The van der Waals surface area contributed by atoms with E-state index in [2.05, 4.69) is 5.10 Å². The highest BCUT2D eigenvalue weighted by atomic mass is 19.4. The summed E-state index contributed by atoms with van der Waals surface area (Å²) in [5.41, 5.74) is -0.413. The lowest BCUT2D eigenvalue weighted by molar-refractivity contribution is -0.137. The molecule has 6 heteroatoms. The molecule has 0 N–H and O–H groups in total. The second-order valence-corrected chi connectivity index (χ2v) is 4.89. The van der Waals surface area contributed by atoms with Crippen molar-refractivity contribution in [2.45, 2.75) is 31.9 Å². The Hall–Kier alpha value is -1.85. The van der Waals surface area contributed by atoms with Crippen LogP contribution in [0.25, 0.3) is 0 Å². The van der Waals surface area contributed by atoms with Crippen molar-refractivity contribution in [1.82, 2.24) is 5.01 Å². The Morgan fingerprint density at radius 3 is 2.33 bits per heavy atom.